The zero-order valence-corrected chi connectivity index (χ0v) is 44.2. The van der Waals surface area contributed by atoms with Crippen molar-refractivity contribution in [3.8, 4) is 45.6 Å². The minimum Gasteiger partial charge on any atom is -0.502 e. The lowest BCUT2D eigenvalue weighted by atomic mass is 9.36. The normalized spacial score (nSPS) is 29.7. The maximum atomic E-state index is 14.0. The van der Waals surface area contributed by atoms with E-state index >= 15 is 0 Å². The molecular formula is C62H71N3O12. The number of methoxy groups -OCH3 is 2. The van der Waals surface area contributed by atoms with E-state index in [0.29, 0.717) is 78.3 Å². The molecule has 0 radical (unpaired) electrons. The van der Waals surface area contributed by atoms with Gasteiger partial charge in [0.25, 0.3) is 11.8 Å². The molecular weight excluding hydrogens is 979 g/mol. The first-order valence-electron chi connectivity index (χ1n) is 28.2. The minimum absolute atomic E-state index is 0.0172. The summed E-state index contributed by atoms with van der Waals surface area (Å²) in [6.45, 7) is 2.88. The Morgan fingerprint density at radius 1 is 0.857 bits per heavy atom. The number of carbonyl (C=O) groups is 2. The molecule has 2 bridgehead atoms. The Labute approximate surface area is 449 Å². The third-order valence-corrected chi connectivity index (χ3v) is 20.2. The number of hydrogen-bond donors (Lipinski definition) is 7. The van der Waals surface area contributed by atoms with Crippen LogP contribution in [0.4, 0.5) is 5.69 Å². The van der Waals surface area contributed by atoms with Crippen molar-refractivity contribution in [2.45, 2.75) is 113 Å². The van der Waals surface area contributed by atoms with E-state index in [1.807, 2.05) is 19.1 Å². The molecule has 15 nitrogen and oxygen atoms in total. The first-order chi connectivity index (χ1) is 37.5. The molecule has 11 atom stereocenters. The number of hydrogen-bond acceptors (Lipinski definition) is 14. The van der Waals surface area contributed by atoms with Gasteiger partial charge >= 0.3 is 0 Å². The van der Waals surface area contributed by atoms with E-state index in [-0.39, 0.29) is 97.7 Å². The first kappa shape index (κ1) is 50.4. The van der Waals surface area contributed by atoms with Crippen LogP contribution in [0.25, 0.3) is 17.2 Å². The number of nitrogens with one attached hydrogen (secondary N) is 2. The summed E-state index contributed by atoms with van der Waals surface area (Å²) < 4.78 is 31.5. The number of aromatic hydroxyl groups is 1. The van der Waals surface area contributed by atoms with E-state index < -0.39 is 35.1 Å². The number of amides is 2. The second-order valence-corrected chi connectivity index (χ2v) is 23.3. The fourth-order valence-electron chi connectivity index (χ4n) is 17.3. The monoisotopic (exact) mass is 1050 g/mol. The number of rotatable bonds is 16. The number of allylic oxidation sites excluding steroid dienone is 1. The van der Waals surface area contributed by atoms with Crippen LogP contribution >= 0.6 is 0 Å². The largest absolute Gasteiger partial charge is 0.502 e. The van der Waals surface area contributed by atoms with Crippen molar-refractivity contribution in [1.82, 2.24) is 10.2 Å². The van der Waals surface area contributed by atoms with Crippen LogP contribution in [-0.4, -0.2) is 102 Å². The average Bonchev–Trinajstić information content (AvgIpc) is 3.81. The summed E-state index contributed by atoms with van der Waals surface area (Å²) >= 11 is 0. The fourth-order valence-corrected chi connectivity index (χ4v) is 17.3. The number of aliphatic hydroxyl groups is 4. The van der Waals surface area contributed by atoms with Crippen molar-refractivity contribution in [2.24, 2.45) is 35.5 Å². The highest BCUT2D eigenvalue weighted by atomic mass is 16.5. The minimum atomic E-state index is -1.07. The molecule has 0 spiro atoms. The third kappa shape index (κ3) is 7.38. The molecule has 6 aliphatic carbocycles. The Morgan fingerprint density at radius 3 is 2.39 bits per heavy atom. The average molecular weight is 1050 g/mol. The molecule has 2 amide bonds. The fraction of sp³-hybridized carbons (Fsp3) is 0.516. The van der Waals surface area contributed by atoms with Crippen molar-refractivity contribution >= 4 is 23.6 Å². The van der Waals surface area contributed by atoms with Crippen LogP contribution in [0.5, 0.6) is 34.5 Å². The molecule has 3 saturated carbocycles. The highest BCUT2D eigenvalue weighted by Gasteiger charge is 2.69. The van der Waals surface area contributed by atoms with Crippen LogP contribution in [0.2, 0.25) is 0 Å². The molecule has 4 aromatic rings. The molecule has 13 rings (SSSR count). The van der Waals surface area contributed by atoms with Crippen LogP contribution in [0, 0.1) is 35.5 Å². The van der Waals surface area contributed by atoms with Gasteiger partial charge in [-0.15, -0.1) is 0 Å². The molecule has 3 aliphatic heterocycles. The van der Waals surface area contributed by atoms with Gasteiger partial charge in [-0.2, -0.15) is 0 Å². The number of carbonyl (C=O) groups excluding carboxylic acids is 2. The maximum Gasteiger partial charge on any atom is 0.254 e. The van der Waals surface area contributed by atoms with Crippen molar-refractivity contribution in [1.29, 1.82) is 0 Å². The zero-order valence-electron chi connectivity index (χ0n) is 44.2. The molecule has 0 unspecified atom stereocenters. The molecule has 0 aromatic heterocycles. The van der Waals surface area contributed by atoms with Crippen molar-refractivity contribution in [3.63, 3.8) is 0 Å². The lowest BCUT2D eigenvalue weighted by Gasteiger charge is -2.69. The van der Waals surface area contributed by atoms with Gasteiger partial charge in [0, 0.05) is 76.1 Å². The number of phenolic OH excluding ortho intramolecular Hbond substituents is 1. The predicted octanol–water partition coefficient (Wildman–Crippen LogP) is 8.08. The van der Waals surface area contributed by atoms with Gasteiger partial charge in [0.15, 0.2) is 17.7 Å². The number of benzene rings is 4. The van der Waals surface area contributed by atoms with Crippen molar-refractivity contribution in [3.05, 3.63) is 105 Å². The summed E-state index contributed by atoms with van der Waals surface area (Å²) in [5.41, 5.74) is 8.29. The van der Waals surface area contributed by atoms with E-state index in [1.54, 1.807) is 24.1 Å². The summed E-state index contributed by atoms with van der Waals surface area (Å²) in [4.78, 5) is 29.7. The molecule has 9 aliphatic rings. The van der Waals surface area contributed by atoms with Crippen LogP contribution in [0.3, 0.4) is 0 Å². The molecule has 77 heavy (non-hydrogen) atoms. The van der Waals surface area contributed by atoms with Gasteiger partial charge in [-0.1, -0.05) is 56.5 Å². The summed E-state index contributed by atoms with van der Waals surface area (Å²) in [6, 6.07) is 13.7. The Kier molecular flexibility index (Phi) is 12.7. The number of aliphatic hydroxyl groups excluding tert-OH is 4. The summed E-state index contributed by atoms with van der Waals surface area (Å²) in [5, 5.41) is 65.8. The molecule has 15 heteroatoms. The van der Waals surface area contributed by atoms with E-state index in [0.717, 1.165) is 66.3 Å². The smallest absolute Gasteiger partial charge is 0.254 e. The standard InChI is InChI=1S/C62H71N3O12/c1-4-63-31-77-48-27-46(73-2)38-12-13-39-53-45(64-60(72)56(48)55(38)53)26-47-54(39)58(70)41(30-76-47)35-23-49(74-3)59(71)50(24-35)75-29-36(28-67)62-42-14-11-32-9-8-10-37(57(32)62)34-21-33(17-20-66)40(43(62)22-34)25-44(42)61(18-6-5-7-19-61)65-51(68)15-16-52(65)69/h8-11,14-16,23-24,26-27,33-34,36,40-44,58,60,63-64,66-67,70-72H,4-7,12-13,17-22,25,28-31H2,1-3H3/t33-,34-,36+,40+,41+,42+,43-,44-,58+,60-,62+/m1/s1. The van der Waals surface area contributed by atoms with Gasteiger partial charge in [0.2, 0.25) is 5.75 Å². The second-order valence-electron chi connectivity index (χ2n) is 23.3. The zero-order chi connectivity index (χ0) is 53.1. The van der Waals surface area contributed by atoms with Gasteiger partial charge in [0.05, 0.1) is 51.2 Å². The topological polar surface area (TPSA) is 209 Å². The molecule has 7 N–H and O–H groups in total. The molecule has 4 aromatic carbocycles. The Bertz CT molecular complexity index is 3090. The van der Waals surface area contributed by atoms with Gasteiger partial charge < -0.3 is 54.5 Å². The van der Waals surface area contributed by atoms with Crippen molar-refractivity contribution < 1.29 is 58.8 Å². The van der Waals surface area contributed by atoms with Gasteiger partial charge in [-0.25, -0.2) is 0 Å². The molecule has 3 heterocycles. The molecule has 3 fully saturated rings. The number of anilines is 1. The number of imide groups is 1. The van der Waals surface area contributed by atoms with Crippen molar-refractivity contribution in [2.75, 3.05) is 59.2 Å². The number of fused-ring (bicyclic) bond motifs is 4. The van der Waals surface area contributed by atoms with Crippen LogP contribution < -0.4 is 34.3 Å². The van der Waals surface area contributed by atoms with Gasteiger partial charge in [-0.3, -0.25) is 19.8 Å². The van der Waals surface area contributed by atoms with E-state index in [2.05, 4.69) is 41.0 Å². The summed E-state index contributed by atoms with van der Waals surface area (Å²) in [5.74, 6) is 0.519. The highest BCUT2D eigenvalue weighted by Crippen LogP contribution is 2.71. The highest BCUT2D eigenvalue weighted by molar-refractivity contribution is 6.13. The lowest BCUT2D eigenvalue weighted by molar-refractivity contribution is -0.163. The number of nitrogens with zero attached hydrogens (tertiary/aromatic N) is 1. The van der Waals surface area contributed by atoms with Gasteiger partial charge in [0.1, 0.15) is 24.0 Å². The maximum absolute atomic E-state index is 14.0. The predicted molar refractivity (Wildman–Crippen MR) is 287 cm³/mol. The molecule has 406 valence electrons. The summed E-state index contributed by atoms with van der Waals surface area (Å²) in [6.07, 6.45) is 14.0. The van der Waals surface area contributed by atoms with E-state index in [4.69, 9.17) is 23.7 Å². The van der Waals surface area contributed by atoms with Crippen LogP contribution in [-0.2, 0) is 27.8 Å². The Hall–Kier alpha value is -6.10. The third-order valence-electron chi connectivity index (χ3n) is 20.2. The number of phenols is 1. The quantitative estimate of drug-likeness (QED) is 0.0322. The Morgan fingerprint density at radius 2 is 1.64 bits per heavy atom. The van der Waals surface area contributed by atoms with Gasteiger partial charge in [-0.05, 0) is 133 Å². The van der Waals surface area contributed by atoms with E-state index in [1.165, 1.54) is 30.4 Å². The first-order valence-corrected chi connectivity index (χ1v) is 28.2. The summed E-state index contributed by atoms with van der Waals surface area (Å²) in [7, 11) is 3.12. The van der Waals surface area contributed by atoms with Crippen LogP contribution in [0.15, 0.2) is 60.7 Å². The second kappa shape index (κ2) is 19.4. The molecule has 0 saturated heterocycles. The number of ether oxygens (including phenoxy) is 5. The van der Waals surface area contributed by atoms with Crippen LogP contribution in [0.1, 0.15) is 133 Å². The van der Waals surface area contributed by atoms with E-state index in [9.17, 15) is 35.1 Å². The SMILES string of the molecule is CCNCOc1cc(OC)c2c3c1[C@@H](O)Nc1cc4c(c(c1-3)CC2)[C@@H](O)[C@H](c1cc(OC)c(O)c(OC[C@H](CO)[C@]23c5c6cccc5[C@@H]5C[C@@H](CCO)[C@H](C[C@@H](C7(N8C(=O)C=CC8=O)CCCCC7)[C@@H]2C=C6)[C@H]3C5)c1)CO4. The Balaban J connectivity index is 0.887. The lowest BCUT2D eigenvalue weighted by Crippen LogP contribution is -2.69.